The van der Waals surface area contributed by atoms with Gasteiger partial charge in [-0.25, -0.2) is 9.69 Å². The monoisotopic (exact) mass is 362 g/mol. The standard InChI is InChI=1S/C21H18N2O4/c1-2-13-5-3-4-6-17(13)23-19(24)12-16(21(23)26)22-15-8-9-18-14(11-15)7-10-20(25)27-18/h3-11,16,22H,2,12H2,1H3. The van der Waals surface area contributed by atoms with E-state index in [0.717, 1.165) is 17.4 Å². The Morgan fingerprint density at radius 1 is 1.07 bits per heavy atom. The zero-order valence-electron chi connectivity index (χ0n) is 14.8. The molecule has 1 unspecified atom stereocenters. The fraction of sp³-hybridized carbons (Fsp3) is 0.190. The maximum absolute atomic E-state index is 12.9. The third-order valence-electron chi connectivity index (χ3n) is 4.72. The van der Waals surface area contributed by atoms with Crippen molar-refractivity contribution in [2.45, 2.75) is 25.8 Å². The minimum absolute atomic E-state index is 0.0960. The number of benzene rings is 2. The van der Waals surface area contributed by atoms with Crippen molar-refractivity contribution in [1.29, 1.82) is 0 Å². The number of rotatable bonds is 4. The van der Waals surface area contributed by atoms with Gasteiger partial charge in [-0.3, -0.25) is 9.59 Å². The molecular weight excluding hydrogens is 344 g/mol. The van der Waals surface area contributed by atoms with E-state index in [0.29, 0.717) is 17.0 Å². The van der Waals surface area contributed by atoms with Crippen molar-refractivity contribution in [3.05, 3.63) is 70.6 Å². The molecule has 0 bridgehead atoms. The lowest BCUT2D eigenvalue weighted by Gasteiger charge is -2.19. The summed E-state index contributed by atoms with van der Waals surface area (Å²) in [5.74, 6) is -0.481. The summed E-state index contributed by atoms with van der Waals surface area (Å²) in [5, 5.41) is 3.87. The lowest BCUT2D eigenvalue weighted by Crippen LogP contribution is -2.35. The largest absolute Gasteiger partial charge is 0.423 e. The summed E-state index contributed by atoms with van der Waals surface area (Å²) in [6.07, 6.45) is 0.833. The van der Waals surface area contributed by atoms with Crippen LogP contribution < -0.4 is 15.8 Å². The Morgan fingerprint density at radius 2 is 1.89 bits per heavy atom. The van der Waals surface area contributed by atoms with Crippen LogP contribution in [-0.2, 0) is 16.0 Å². The maximum atomic E-state index is 12.9. The minimum Gasteiger partial charge on any atom is -0.423 e. The number of fused-ring (bicyclic) bond motifs is 1. The summed E-state index contributed by atoms with van der Waals surface area (Å²) in [6.45, 7) is 1.99. The molecule has 1 saturated heterocycles. The van der Waals surface area contributed by atoms with Crippen molar-refractivity contribution >= 4 is 34.2 Å². The van der Waals surface area contributed by atoms with Crippen LogP contribution in [0, 0.1) is 0 Å². The molecule has 0 spiro atoms. The molecule has 0 radical (unpaired) electrons. The van der Waals surface area contributed by atoms with E-state index in [9.17, 15) is 14.4 Å². The van der Waals surface area contributed by atoms with E-state index in [1.165, 1.54) is 11.0 Å². The Kier molecular flexibility index (Phi) is 4.24. The first kappa shape index (κ1) is 17.0. The molecule has 136 valence electrons. The van der Waals surface area contributed by atoms with Gasteiger partial charge in [0.15, 0.2) is 0 Å². The van der Waals surface area contributed by atoms with E-state index in [4.69, 9.17) is 4.42 Å². The van der Waals surface area contributed by atoms with Gasteiger partial charge in [0.2, 0.25) is 5.91 Å². The first-order valence-corrected chi connectivity index (χ1v) is 8.82. The van der Waals surface area contributed by atoms with Crippen LogP contribution in [0.5, 0.6) is 0 Å². The van der Waals surface area contributed by atoms with Crippen LogP contribution in [0.15, 0.2) is 63.8 Å². The van der Waals surface area contributed by atoms with Crippen LogP contribution >= 0.6 is 0 Å². The first-order chi connectivity index (χ1) is 13.1. The van der Waals surface area contributed by atoms with E-state index in [-0.39, 0.29) is 18.2 Å². The molecule has 0 saturated carbocycles. The fourth-order valence-electron chi connectivity index (χ4n) is 3.39. The molecule has 3 aromatic rings. The predicted octanol–water partition coefficient (Wildman–Crippen LogP) is 3.10. The highest BCUT2D eigenvalue weighted by Gasteiger charge is 2.40. The molecule has 1 atom stereocenters. The zero-order chi connectivity index (χ0) is 19.0. The Balaban J connectivity index is 1.60. The molecule has 4 rings (SSSR count). The Bertz CT molecular complexity index is 1100. The number of hydrogen-bond donors (Lipinski definition) is 1. The molecule has 1 aromatic heterocycles. The van der Waals surface area contributed by atoms with Gasteiger partial charge in [0.1, 0.15) is 11.6 Å². The number of hydrogen-bond acceptors (Lipinski definition) is 5. The van der Waals surface area contributed by atoms with Crippen LogP contribution in [-0.4, -0.2) is 17.9 Å². The summed E-state index contributed by atoms with van der Waals surface area (Å²) in [5.41, 5.74) is 2.36. The quantitative estimate of drug-likeness (QED) is 0.570. The predicted molar refractivity (Wildman–Crippen MR) is 103 cm³/mol. The number of aryl methyl sites for hydroxylation is 1. The number of para-hydroxylation sites is 1. The Labute approximate surface area is 155 Å². The van der Waals surface area contributed by atoms with Gasteiger partial charge in [-0.1, -0.05) is 25.1 Å². The third-order valence-corrected chi connectivity index (χ3v) is 4.72. The van der Waals surface area contributed by atoms with Crippen LogP contribution in [0.4, 0.5) is 11.4 Å². The number of amides is 2. The van der Waals surface area contributed by atoms with Crippen LogP contribution in [0.2, 0.25) is 0 Å². The maximum Gasteiger partial charge on any atom is 0.336 e. The average molecular weight is 362 g/mol. The average Bonchev–Trinajstić information content (AvgIpc) is 2.95. The van der Waals surface area contributed by atoms with E-state index in [1.54, 1.807) is 30.3 Å². The summed E-state index contributed by atoms with van der Waals surface area (Å²) in [6, 6.07) is 15.0. The number of anilines is 2. The van der Waals surface area contributed by atoms with Crippen molar-refractivity contribution in [3.8, 4) is 0 Å². The summed E-state index contributed by atoms with van der Waals surface area (Å²) in [7, 11) is 0. The number of carbonyl (C=O) groups is 2. The van der Waals surface area contributed by atoms with Crippen molar-refractivity contribution in [3.63, 3.8) is 0 Å². The molecule has 2 aromatic carbocycles. The highest BCUT2D eigenvalue weighted by atomic mass is 16.4. The second-order valence-corrected chi connectivity index (χ2v) is 6.46. The van der Waals surface area contributed by atoms with E-state index in [1.807, 2.05) is 25.1 Å². The second kappa shape index (κ2) is 6.72. The van der Waals surface area contributed by atoms with E-state index >= 15 is 0 Å². The van der Waals surface area contributed by atoms with Gasteiger partial charge in [-0.15, -0.1) is 0 Å². The SMILES string of the molecule is CCc1ccccc1N1C(=O)CC(Nc2ccc3oc(=O)ccc3c2)C1=O. The van der Waals surface area contributed by atoms with Gasteiger partial charge >= 0.3 is 5.63 Å². The molecular formula is C21H18N2O4. The topological polar surface area (TPSA) is 79.6 Å². The van der Waals surface area contributed by atoms with Crippen molar-refractivity contribution in [2.24, 2.45) is 0 Å². The Hall–Kier alpha value is -3.41. The number of carbonyl (C=O) groups excluding carboxylic acids is 2. The summed E-state index contributed by atoms with van der Waals surface area (Å²) >= 11 is 0. The zero-order valence-corrected chi connectivity index (χ0v) is 14.8. The number of imide groups is 1. The lowest BCUT2D eigenvalue weighted by atomic mass is 10.1. The van der Waals surface area contributed by atoms with Gasteiger partial charge in [-0.05, 0) is 42.3 Å². The second-order valence-electron chi connectivity index (χ2n) is 6.46. The third kappa shape index (κ3) is 3.10. The molecule has 0 aliphatic carbocycles. The van der Waals surface area contributed by atoms with Gasteiger partial charge < -0.3 is 9.73 Å². The molecule has 2 heterocycles. The fourth-order valence-corrected chi connectivity index (χ4v) is 3.39. The normalized spacial score (nSPS) is 16.9. The summed E-state index contributed by atoms with van der Waals surface area (Å²) in [4.78, 5) is 38.0. The smallest absolute Gasteiger partial charge is 0.336 e. The molecule has 2 amide bonds. The summed E-state index contributed by atoms with van der Waals surface area (Å²) < 4.78 is 5.11. The molecule has 1 aliphatic heterocycles. The van der Waals surface area contributed by atoms with Crippen molar-refractivity contribution < 1.29 is 14.0 Å². The van der Waals surface area contributed by atoms with Crippen molar-refractivity contribution in [2.75, 3.05) is 10.2 Å². The Morgan fingerprint density at radius 3 is 2.70 bits per heavy atom. The number of nitrogens with one attached hydrogen (secondary N) is 1. The molecule has 6 nitrogen and oxygen atoms in total. The highest BCUT2D eigenvalue weighted by molar-refractivity contribution is 6.23. The first-order valence-electron chi connectivity index (χ1n) is 8.82. The van der Waals surface area contributed by atoms with Gasteiger partial charge in [-0.2, -0.15) is 0 Å². The molecule has 6 heteroatoms. The van der Waals surface area contributed by atoms with Crippen LogP contribution in [0.25, 0.3) is 11.0 Å². The van der Waals surface area contributed by atoms with Gasteiger partial charge in [0.25, 0.3) is 5.91 Å². The number of nitrogens with zero attached hydrogens (tertiary/aromatic N) is 1. The molecule has 27 heavy (non-hydrogen) atoms. The van der Waals surface area contributed by atoms with Crippen LogP contribution in [0.1, 0.15) is 18.9 Å². The van der Waals surface area contributed by atoms with Gasteiger partial charge in [0, 0.05) is 17.1 Å². The highest BCUT2D eigenvalue weighted by Crippen LogP contribution is 2.29. The van der Waals surface area contributed by atoms with E-state index < -0.39 is 11.7 Å². The van der Waals surface area contributed by atoms with Gasteiger partial charge in [0.05, 0.1) is 12.1 Å². The lowest BCUT2D eigenvalue weighted by molar-refractivity contribution is -0.121. The van der Waals surface area contributed by atoms with E-state index in [2.05, 4.69) is 5.32 Å². The minimum atomic E-state index is -0.629. The molecule has 1 N–H and O–H groups in total. The molecule has 1 fully saturated rings. The molecule has 1 aliphatic rings. The van der Waals surface area contributed by atoms with Crippen LogP contribution in [0.3, 0.4) is 0 Å². The van der Waals surface area contributed by atoms with Crippen molar-refractivity contribution in [1.82, 2.24) is 0 Å².